The van der Waals surface area contributed by atoms with Crippen LogP contribution in [0.25, 0.3) is 36.9 Å². The fraction of sp³-hybridized carbons (Fsp3) is 0.0476. The Morgan fingerprint density at radius 1 is 0.818 bits per heavy atom. The molecule has 0 atom stereocenters. The number of hydrogen-bond acceptors (Lipinski definition) is 1. The largest absolute Gasteiger partial charge is 0.135 e. The van der Waals surface area contributed by atoms with E-state index in [9.17, 15) is 0 Å². The molecule has 4 aromatic rings. The molecule has 1 heterocycles. The van der Waals surface area contributed by atoms with Crippen molar-refractivity contribution in [1.82, 2.24) is 0 Å². The fourth-order valence-electron chi connectivity index (χ4n) is 2.95. The number of benzene rings is 3. The molecule has 0 radical (unpaired) electrons. The summed E-state index contributed by atoms with van der Waals surface area (Å²) in [5, 5.41) is 2.72. The zero-order valence-corrected chi connectivity index (χ0v) is 13.3. The lowest BCUT2D eigenvalue weighted by molar-refractivity contribution is 1.57. The van der Waals surface area contributed by atoms with Gasteiger partial charge in [-0.2, -0.15) is 0 Å². The van der Waals surface area contributed by atoms with Gasteiger partial charge in [-0.05, 0) is 35.7 Å². The molecule has 0 aliphatic heterocycles. The fourth-order valence-corrected chi connectivity index (χ4v) is 4.08. The average molecular weight is 300 g/mol. The van der Waals surface area contributed by atoms with E-state index < -0.39 is 0 Å². The molecular formula is C21H16S. The van der Waals surface area contributed by atoms with Gasteiger partial charge in [-0.1, -0.05) is 66.7 Å². The Morgan fingerprint density at radius 2 is 1.55 bits per heavy atom. The van der Waals surface area contributed by atoms with E-state index in [2.05, 4.69) is 73.3 Å². The first-order valence-corrected chi connectivity index (χ1v) is 8.22. The lowest BCUT2D eigenvalue weighted by Gasteiger charge is -2.06. The topological polar surface area (TPSA) is 0 Å². The first-order valence-electron chi connectivity index (χ1n) is 7.40. The third-order valence-electron chi connectivity index (χ3n) is 4.09. The summed E-state index contributed by atoms with van der Waals surface area (Å²) < 4.78 is 2.70. The predicted octanol–water partition coefficient (Wildman–Crippen LogP) is 6.75. The highest BCUT2D eigenvalue weighted by Crippen LogP contribution is 2.39. The van der Waals surface area contributed by atoms with Crippen molar-refractivity contribution in [2.75, 3.05) is 0 Å². The predicted molar refractivity (Wildman–Crippen MR) is 99.5 cm³/mol. The third-order valence-corrected chi connectivity index (χ3v) is 5.23. The van der Waals surface area contributed by atoms with Crippen molar-refractivity contribution in [3.63, 3.8) is 0 Å². The van der Waals surface area contributed by atoms with Gasteiger partial charge in [0.2, 0.25) is 0 Å². The molecule has 4 rings (SSSR count). The molecule has 0 N–H and O–H groups in total. The van der Waals surface area contributed by atoms with Crippen LogP contribution in [0, 0.1) is 0 Å². The van der Waals surface area contributed by atoms with Crippen molar-refractivity contribution in [3.05, 3.63) is 78.9 Å². The van der Waals surface area contributed by atoms with Crippen LogP contribution < -0.4 is 0 Å². The molecule has 0 saturated carbocycles. The van der Waals surface area contributed by atoms with Crippen LogP contribution in [0.5, 0.6) is 0 Å². The Balaban J connectivity index is 2.00. The Kier molecular flexibility index (Phi) is 3.09. The molecule has 0 spiro atoms. The minimum absolute atomic E-state index is 1.10. The van der Waals surface area contributed by atoms with Gasteiger partial charge in [-0.25, -0.2) is 0 Å². The first-order chi connectivity index (χ1) is 10.7. The second-order valence-electron chi connectivity index (χ2n) is 5.63. The van der Waals surface area contributed by atoms with Gasteiger partial charge in [0.15, 0.2) is 0 Å². The summed E-state index contributed by atoms with van der Waals surface area (Å²) in [6, 6.07) is 24.0. The van der Waals surface area contributed by atoms with Crippen LogP contribution >= 0.6 is 11.3 Å². The zero-order valence-electron chi connectivity index (χ0n) is 12.5. The van der Waals surface area contributed by atoms with Gasteiger partial charge in [-0.15, -0.1) is 11.3 Å². The van der Waals surface area contributed by atoms with Crippen LogP contribution in [0.1, 0.15) is 12.5 Å². The lowest BCUT2D eigenvalue weighted by atomic mass is 9.97. The van der Waals surface area contributed by atoms with E-state index in [-0.39, 0.29) is 0 Å². The molecule has 3 aromatic carbocycles. The average Bonchev–Trinajstić information content (AvgIpc) is 2.93. The maximum atomic E-state index is 4.01. The van der Waals surface area contributed by atoms with Crippen LogP contribution in [0.3, 0.4) is 0 Å². The number of fused-ring (bicyclic) bond motifs is 3. The van der Waals surface area contributed by atoms with Crippen LogP contribution in [-0.4, -0.2) is 0 Å². The van der Waals surface area contributed by atoms with Crippen LogP contribution in [-0.2, 0) is 0 Å². The molecular weight excluding hydrogens is 284 g/mol. The highest BCUT2D eigenvalue weighted by molar-refractivity contribution is 7.25. The lowest BCUT2D eigenvalue weighted by Crippen LogP contribution is -1.82. The second kappa shape index (κ2) is 5.11. The van der Waals surface area contributed by atoms with Gasteiger partial charge in [0.1, 0.15) is 0 Å². The Labute approximate surface area is 134 Å². The summed E-state index contributed by atoms with van der Waals surface area (Å²) in [4.78, 5) is 0. The summed E-state index contributed by atoms with van der Waals surface area (Å²) >= 11 is 1.86. The molecule has 22 heavy (non-hydrogen) atoms. The highest BCUT2D eigenvalue weighted by atomic mass is 32.1. The van der Waals surface area contributed by atoms with Gasteiger partial charge in [-0.3, -0.25) is 0 Å². The number of hydrogen-bond donors (Lipinski definition) is 0. The van der Waals surface area contributed by atoms with Gasteiger partial charge in [0, 0.05) is 20.2 Å². The molecule has 0 amide bonds. The molecule has 0 bridgehead atoms. The molecule has 0 unspecified atom stereocenters. The summed E-state index contributed by atoms with van der Waals surface area (Å²) in [6.45, 7) is 6.06. The smallest absolute Gasteiger partial charge is 0.0361 e. The standard InChI is InChI=1S/C21H16S/c1-14(2)15-10-12-16(13-11-15)17-7-5-9-20-21(17)18-6-3-4-8-19(18)22-20/h3-13H,1H2,2H3. The molecule has 0 aliphatic carbocycles. The summed E-state index contributed by atoms with van der Waals surface area (Å²) in [5.41, 5.74) is 4.87. The first kappa shape index (κ1) is 13.3. The quantitative estimate of drug-likeness (QED) is 0.384. The highest BCUT2D eigenvalue weighted by Gasteiger charge is 2.10. The van der Waals surface area contributed by atoms with Crippen LogP contribution in [0.15, 0.2) is 73.3 Å². The van der Waals surface area contributed by atoms with E-state index in [1.54, 1.807) is 0 Å². The van der Waals surface area contributed by atoms with Crippen molar-refractivity contribution < 1.29 is 0 Å². The van der Waals surface area contributed by atoms with Gasteiger partial charge < -0.3 is 0 Å². The number of rotatable bonds is 2. The molecule has 106 valence electrons. The van der Waals surface area contributed by atoms with Crippen LogP contribution in [0.4, 0.5) is 0 Å². The Bertz CT molecular complexity index is 987. The third kappa shape index (κ3) is 2.06. The van der Waals surface area contributed by atoms with E-state index in [1.807, 2.05) is 18.3 Å². The number of thiophene rings is 1. The zero-order chi connectivity index (χ0) is 15.1. The van der Waals surface area contributed by atoms with Crippen molar-refractivity contribution in [3.8, 4) is 11.1 Å². The van der Waals surface area contributed by atoms with E-state index in [0.29, 0.717) is 0 Å². The summed E-state index contributed by atoms with van der Waals surface area (Å²) in [5.74, 6) is 0. The maximum absolute atomic E-state index is 4.01. The van der Waals surface area contributed by atoms with Gasteiger partial charge in [0.05, 0.1) is 0 Å². The van der Waals surface area contributed by atoms with Gasteiger partial charge in [0.25, 0.3) is 0 Å². The molecule has 1 heteroatoms. The minimum atomic E-state index is 1.10. The molecule has 1 aromatic heterocycles. The normalized spacial score (nSPS) is 11.1. The summed E-state index contributed by atoms with van der Waals surface area (Å²) in [6.07, 6.45) is 0. The van der Waals surface area contributed by atoms with Gasteiger partial charge >= 0.3 is 0 Å². The van der Waals surface area contributed by atoms with Crippen molar-refractivity contribution in [2.24, 2.45) is 0 Å². The minimum Gasteiger partial charge on any atom is -0.135 e. The SMILES string of the molecule is C=C(C)c1ccc(-c2cccc3sc4ccccc4c23)cc1. The Hall–Kier alpha value is -2.38. The molecule has 0 fully saturated rings. The molecule has 0 aliphatic rings. The summed E-state index contributed by atoms with van der Waals surface area (Å²) in [7, 11) is 0. The van der Waals surface area contributed by atoms with Crippen molar-refractivity contribution >= 4 is 37.1 Å². The number of allylic oxidation sites excluding steroid dienone is 1. The maximum Gasteiger partial charge on any atom is 0.0361 e. The van der Waals surface area contributed by atoms with E-state index in [1.165, 1.54) is 36.9 Å². The van der Waals surface area contributed by atoms with Crippen LogP contribution in [0.2, 0.25) is 0 Å². The molecule has 0 nitrogen and oxygen atoms in total. The Morgan fingerprint density at radius 3 is 2.32 bits per heavy atom. The van der Waals surface area contributed by atoms with Crippen molar-refractivity contribution in [1.29, 1.82) is 0 Å². The van der Waals surface area contributed by atoms with E-state index >= 15 is 0 Å². The monoisotopic (exact) mass is 300 g/mol. The van der Waals surface area contributed by atoms with E-state index in [4.69, 9.17) is 0 Å². The molecule has 0 saturated heterocycles. The van der Waals surface area contributed by atoms with Crippen molar-refractivity contribution in [2.45, 2.75) is 6.92 Å². The van der Waals surface area contributed by atoms with E-state index in [0.717, 1.165) is 5.57 Å². The second-order valence-corrected chi connectivity index (χ2v) is 6.72.